The number of halogens is 3. The normalized spacial score (nSPS) is 12.1. The molecule has 5 rings (SSSR count). The van der Waals surface area contributed by atoms with Gasteiger partial charge in [-0.15, -0.1) is 0 Å². The Morgan fingerprint density at radius 3 is 2.49 bits per heavy atom. The van der Waals surface area contributed by atoms with E-state index in [0.29, 0.717) is 15.2 Å². The summed E-state index contributed by atoms with van der Waals surface area (Å²) in [5.41, 5.74) is 2.17. The monoisotopic (exact) mass is 495 g/mol. The second-order valence-corrected chi connectivity index (χ2v) is 9.57. The third-order valence-corrected chi connectivity index (χ3v) is 6.58. The SMILES string of the molecule is Cc1ccc2nc(NC(=O)c3cnn4c(C(F)(F)F)cc(-c5ccc(C(C)C)cc5)nc34)sc2c1. The minimum atomic E-state index is -4.70. The lowest BCUT2D eigenvalue weighted by Gasteiger charge is -2.12. The molecule has 178 valence electrons. The van der Waals surface area contributed by atoms with Crippen LogP contribution in [0.2, 0.25) is 0 Å². The van der Waals surface area contributed by atoms with E-state index >= 15 is 0 Å². The summed E-state index contributed by atoms with van der Waals surface area (Å²) in [4.78, 5) is 21.8. The lowest BCUT2D eigenvalue weighted by molar-refractivity contribution is -0.142. The van der Waals surface area contributed by atoms with Crippen LogP contribution in [0, 0.1) is 6.92 Å². The summed E-state index contributed by atoms with van der Waals surface area (Å²) >= 11 is 1.28. The van der Waals surface area contributed by atoms with Crippen molar-refractivity contribution >= 4 is 38.2 Å². The average Bonchev–Trinajstić information content (AvgIpc) is 3.40. The van der Waals surface area contributed by atoms with Crippen molar-refractivity contribution in [2.75, 3.05) is 5.32 Å². The van der Waals surface area contributed by atoms with E-state index in [1.807, 2.05) is 51.1 Å². The van der Waals surface area contributed by atoms with Crippen molar-refractivity contribution < 1.29 is 18.0 Å². The van der Waals surface area contributed by atoms with Gasteiger partial charge in [-0.1, -0.05) is 55.5 Å². The van der Waals surface area contributed by atoms with E-state index < -0.39 is 17.8 Å². The van der Waals surface area contributed by atoms with Crippen LogP contribution < -0.4 is 5.32 Å². The summed E-state index contributed by atoms with van der Waals surface area (Å²) in [5.74, 6) is -0.356. The minimum absolute atomic E-state index is 0.0772. The van der Waals surface area contributed by atoms with E-state index in [9.17, 15) is 18.0 Å². The van der Waals surface area contributed by atoms with Crippen LogP contribution in [0.3, 0.4) is 0 Å². The van der Waals surface area contributed by atoms with Crippen molar-refractivity contribution in [2.24, 2.45) is 0 Å². The predicted octanol–water partition coefficient (Wildman–Crippen LogP) is 6.71. The van der Waals surface area contributed by atoms with E-state index in [2.05, 4.69) is 20.4 Å². The number of hydrogen-bond acceptors (Lipinski definition) is 5. The summed E-state index contributed by atoms with van der Waals surface area (Å²) in [6.45, 7) is 6.02. The third-order valence-electron chi connectivity index (χ3n) is 5.64. The highest BCUT2D eigenvalue weighted by Crippen LogP contribution is 2.33. The van der Waals surface area contributed by atoms with Gasteiger partial charge in [-0.2, -0.15) is 18.3 Å². The molecule has 0 saturated carbocycles. The number of carbonyl (C=O) groups excluding carboxylic acids is 1. The molecule has 6 nitrogen and oxygen atoms in total. The molecule has 0 aliphatic heterocycles. The van der Waals surface area contributed by atoms with Crippen molar-refractivity contribution in [1.82, 2.24) is 19.6 Å². The van der Waals surface area contributed by atoms with Gasteiger partial charge in [0.05, 0.1) is 22.1 Å². The quantitative estimate of drug-likeness (QED) is 0.301. The molecule has 3 heterocycles. The maximum Gasteiger partial charge on any atom is 0.433 e. The van der Waals surface area contributed by atoms with Gasteiger partial charge < -0.3 is 0 Å². The molecule has 0 saturated heterocycles. The zero-order chi connectivity index (χ0) is 24.9. The average molecular weight is 496 g/mol. The number of nitrogens with zero attached hydrogens (tertiary/aromatic N) is 4. The molecule has 0 atom stereocenters. The number of aromatic nitrogens is 4. The molecule has 0 fully saturated rings. The Bertz CT molecular complexity index is 1570. The van der Waals surface area contributed by atoms with Gasteiger partial charge in [0.15, 0.2) is 16.5 Å². The molecule has 0 radical (unpaired) electrons. The fourth-order valence-corrected chi connectivity index (χ4v) is 4.72. The van der Waals surface area contributed by atoms with Crippen LogP contribution in [0.5, 0.6) is 0 Å². The number of anilines is 1. The highest BCUT2D eigenvalue weighted by atomic mass is 32.1. The van der Waals surface area contributed by atoms with Crippen molar-refractivity contribution in [1.29, 1.82) is 0 Å². The van der Waals surface area contributed by atoms with Crippen molar-refractivity contribution in [3.63, 3.8) is 0 Å². The number of thiazole rings is 1. The molecule has 5 aromatic rings. The summed E-state index contributed by atoms with van der Waals surface area (Å²) < 4.78 is 43.2. The summed E-state index contributed by atoms with van der Waals surface area (Å²) in [7, 11) is 0. The minimum Gasteiger partial charge on any atom is -0.298 e. The number of carbonyl (C=O) groups is 1. The Hall–Kier alpha value is -3.79. The molecule has 0 bridgehead atoms. The first-order chi connectivity index (χ1) is 16.6. The first-order valence-electron chi connectivity index (χ1n) is 10.8. The van der Waals surface area contributed by atoms with E-state index in [1.54, 1.807) is 12.1 Å². The lowest BCUT2D eigenvalue weighted by Crippen LogP contribution is -2.15. The highest BCUT2D eigenvalue weighted by molar-refractivity contribution is 7.22. The van der Waals surface area contributed by atoms with E-state index in [4.69, 9.17) is 0 Å². The topological polar surface area (TPSA) is 72.2 Å². The van der Waals surface area contributed by atoms with E-state index in [1.165, 1.54) is 11.3 Å². The predicted molar refractivity (Wildman–Crippen MR) is 130 cm³/mol. The Morgan fingerprint density at radius 1 is 1.06 bits per heavy atom. The summed E-state index contributed by atoms with van der Waals surface area (Å²) in [6, 6.07) is 13.8. The molecule has 0 aliphatic carbocycles. The zero-order valence-electron chi connectivity index (χ0n) is 19.0. The number of fused-ring (bicyclic) bond motifs is 2. The molecule has 0 spiro atoms. The number of alkyl halides is 3. The Balaban J connectivity index is 1.57. The van der Waals surface area contributed by atoms with Gasteiger partial charge in [-0.05, 0) is 42.2 Å². The van der Waals surface area contributed by atoms with Crippen LogP contribution in [0.15, 0.2) is 54.7 Å². The molecular weight excluding hydrogens is 475 g/mol. The molecule has 2 aromatic carbocycles. The molecular formula is C25H20F3N5OS. The molecule has 0 aliphatic rings. The summed E-state index contributed by atoms with van der Waals surface area (Å²) in [5, 5.41) is 6.85. The standard InChI is InChI=1S/C25H20F3N5OS/c1-13(2)15-5-7-16(8-6-15)19-11-21(25(26,27)28)33-22(30-19)17(12-29-33)23(34)32-24-31-18-9-4-14(3)10-20(18)35-24/h4-13H,1-3H3,(H,31,32,34). The Labute approximate surface area is 202 Å². The lowest BCUT2D eigenvalue weighted by atomic mass is 10.0. The first-order valence-corrected chi connectivity index (χ1v) is 11.7. The van der Waals surface area contributed by atoms with Gasteiger partial charge in [0.25, 0.3) is 5.91 Å². The third kappa shape index (κ3) is 4.37. The van der Waals surface area contributed by atoms with Gasteiger partial charge in [0.1, 0.15) is 5.56 Å². The molecule has 0 unspecified atom stereocenters. The van der Waals surface area contributed by atoms with Gasteiger partial charge in [0.2, 0.25) is 0 Å². The maximum absolute atomic E-state index is 13.9. The van der Waals surface area contributed by atoms with Crippen LogP contribution in [0.25, 0.3) is 27.1 Å². The number of aryl methyl sites for hydroxylation is 1. The van der Waals surface area contributed by atoms with Crippen LogP contribution in [-0.4, -0.2) is 25.5 Å². The molecule has 3 aromatic heterocycles. The van der Waals surface area contributed by atoms with Gasteiger partial charge in [-0.25, -0.2) is 14.5 Å². The Kier molecular flexibility index (Phi) is 5.55. The smallest absolute Gasteiger partial charge is 0.298 e. The van der Waals surface area contributed by atoms with Gasteiger partial charge in [-0.3, -0.25) is 10.1 Å². The molecule has 1 N–H and O–H groups in total. The van der Waals surface area contributed by atoms with Gasteiger partial charge >= 0.3 is 6.18 Å². The molecule has 35 heavy (non-hydrogen) atoms. The van der Waals surface area contributed by atoms with Crippen LogP contribution in [0.1, 0.15) is 46.9 Å². The van der Waals surface area contributed by atoms with Gasteiger partial charge in [0, 0.05) is 5.56 Å². The highest BCUT2D eigenvalue weighted by Gasteiger charge is 2.36. The number of nitrogens with one attached hydrogen (secondary N) is 1. The van der Waals surface area contributed by atoms with Crippen molar-refractivity contribution in [3.05, 3.63) is 77.1 Å². The molecule has 1 amide bonds. The second-order valence-electron chi connectivity index (χ2n) is 8.54. The maximum atomic E-state index is 13.9. The van der Waals surface area contributed by atoms with Crippen LogP contribution in [0.4, 0.5) is 18.3 Å². The van der Waals surface area contributed by atoms with Crippen LogP contribution >= 0.6 is 11.3 Å². The van der Waals surface area contributed by atoms with E-state index in [-0.39, 0.29) is 22.8 Å². The fraction of sp³-hybridized carbons (Fsp3) is 0.200. The van der Waals surface area contributed by atoms with Crippen molar-refractivity contribution in [3.8, 4) is 11.3 Å². The first kappa shape index (κ1) is 23.0. The molecule has 10 heteroatoms. The Morgan fingerprint density at radius 2 is 1.80 bits per heavy atom. The number of rotatable bonds is 4. The number of benzene rings is 2. The number of amides is 1. The zero-order valence-corrected chi connectivity index (χ0v) is 19.8. The number of hydrogen-bond donors (Lipinski definition) is 1. The summed E-state index contributed by atoms with van der Waals surface area (Å²) in [6.07, 6.45) is -3.60. The van der Waals surface area contributed by atoms with Crippen LogP contribution in [-0.2, 0) is 6.18 Å². The largest absolute Gasteiger partial charge is 0.433 e. The van der Waals surface area contributed by atoms with Crippen molar-refractivity contribution in [2.45, 2.75) is 32.9 Å². The van der Waals surface area contributed by atoms with E-state index in [0.717, 1.165) is 33.6 Å². The second kappa shape index (κ2) is 8.46. The fourth-order valence-electron chi connectivity index (χ4n) is 3.76.